The van der Waals surface area contributed by atoms with Crippen LogP contribution >= 0.6 is 0 Å². The first-order valence-electron chi connectivity index (χ1n) is 8.22. The lowest BCUT2D eigenvalue weighted by atomic mass is 9.88. The van der Waals surface area contributed by atoms with E-state index in [9.17, 15) is 0 Å². The second kappa shape index (κ2) is 5.87. The molecule has 1 aromatic carbocycles. The van der Waals surface area contributed by atoms with E-state index >= 15 is 0 Å². The smallest absolute Gasteiger partial charge is 0.0506 e. The van der Waals surface area contributed by atoms with Gasteiger partial charge in [-0.3, -0.25) is 4.90 Å². The maximum atomic E-state index is 3.76. The first-order chi connectivity index (χ1) is 9.66. The number of rotatable bonds is 3. The van der Waals surface area contributed by atoms with Crippen LogP contribution in [-0.4, -0.2) is 30.6 Å². The van der Waals surface area contributed by atoms with Gasteiger partial charge in [-0.1, -0.05) is 17.7 Å². The molecule has 20 heavy (non-hydrogen) atoms. The van der Waals surface area contributed by atoms with Crippen molar-refractivity contribution in [2.45, 2.75) is 58.5 Å². The Bertz CT molecular complexity index is 429. The maximum Gasteiger partial charge on any atom is 0.0506 e. The van der Waals surface area contributed by atoms with Gasteiger partial charge in [0.2, 0.25) is 0 Å². The predicted octanol–water partition coefficient (Wildman–Crippen LogP) is 3.50. The minimum atomic E-state index is 0.584. The van der Waals surface area contributed by atoms with Gasteiger partial charge in [0.1, 0.15) is 0 Å². The standard InChI is InChI=1S/C18H28N2/c1-13-11-14(2)17(15(3)12-13)18(16-7-6-8-19-16)20-9-4-5-10-20/h11-12,16,18-19H,4-10H2,1-3H3. The lowest BCUT2D eigenvalue weighted by molar-refractivity contribution is 0.200. The highest BCUT2D eigenvalue weighted by Crippen LogP contribution is 2.35. The molecular formula is C18H28N2. The van der Waals surface area contributed by atoms with Crippen molar-refractivity contribution < 1.29 is 0 Å². The van der Waals surface area contributed by atoms with Gasteiger partial charge in [-0.2, -0.15) is 0 Å². The molecule has 0 bridgehead atoms. The maximum absolute atomic E-state index is 3.76. The summed E-state index contributed by atoms with van der Waals surface area (Å²) in [6.45, 7) is 10.5. The number of benzene rings is 1. The summed E-state index contributed by atoms with van der Waals surface area (Å²) in [7, 11) is 0. The molecule has 2 fully saturated rings. The summed E-state index contributed by atoms with van der Waals surface area (Å²) in [5, 5.41) is 3.76. The number of likely N-dealkylation sites (tertiary alicyclic amines) is 1. The lowest BCUT2D eigenvalue weighted by Gasteiger charge is -2.35. The average molecular weight is 272 g/mol. The molecule has 2 aliphatic rings. The second-order valence-corrected chi connectivity index (χ2v) is 6.70. The van der Waals surface area contributed by atoms with Gasteiger partial charge >= 0.3 is 0 Å². The molecule has 2 nitrogen and oxygen atoms in total. The summed E-state index contributed by atoms with van der Waals surface area (Å²) in [6.07, 6.45) is 5.40. The Morgan fingerprint density at radius 2 is 1.70 bits per heavy atom. The van der Waals surface area contributed by atoms with Crippen molar-refractivity contribution in [3.05, 3.63) is 34.4 Å². The summed E-state index contributed by atoms with van der Waals surface area (Å²) in [6, 6.07) is 5.95. The zero-order chi connectivity index (χ0) is 14.1. The van der Waals surface area contributed by atoms with E-state index in [-0.39, 0.29) is 0 Å². The van der Waals surface area contributed by atoms with Crippen LogP contribution in [-0.2, 0) is 0 Å². The molecule has 110 valence electrons. The Balaban J connectivity index is 1.99. The molecule has 3 rings (SSSR count). The molecule has 2 unspecified atom stereocenters. The zero-order valence-corrected chi connectivity index (χ0v) is 13.2. The Morgan fingerprint density at radius 3 is 2.25 bits per heavy atom. The van der Waals surface area contributed by atoms with E-state index in [2.05, 4.69) is 43.1 Å². The molecule has 1 aromatic rings. The number of nitrogens with zero attached hydrogens (tertiary/aromatic N) is 1. The lowest BCUT2D eigenvalue weighted by Crippen LogP contribution is -2.40. The van der Waals surface area contributed by atoms with Crippen LogP contribution in [0.3, 0.4) is 0 Å². The van der Waals surface area contributed by atoms with Crippen LogP contribution in [0, 0.1) is 20.8 Å². The van der Waals surface area contributed by atoms with E-state index in [0.29, 0.717) is 12.1 Å². The van der Waals surface area contributed by atoms with Gasteiger partial charge in [-0.25, -0.2) is 0 Å². The topological polar surface area (TPSA) is 15.3 Å². The van der Waals surface area contributed by atoms with E-state index in [0.717, 1.165) is 0 Å². The highest BCUT2D eigenvalue weighted by molar-refractivity contribution is 5.40. The minimum Gasteiger partial charge on any atom is -0.312 e. The Morgan fingerprint density at radius 1 is 1.05 bits per heavy atom. The van der Waals surface area contributed by atoms with Crippen LogP contribution in [0.15, 0.2) is 12.1 Å². The summed E-state index contributed by atoms with van der Waals surface area (Å²) in [5.41, 5.74) is 5.95. The van der Waals surface area contributed by atoms with Crippen LogP contribution in [0.4, 0.5) is 0 Å². The molecule has 0 aliphatic carbocycles. The highest BCUT2D eigenvalue weighted by Gasteiger charge is 2.34. The van der Waals surface area contributed by atoms with Crippen molar-refractivity contribution in [2.24, 2.45) is 0 Å². The third kappa shape index (κ3) is 2.64. The molecule has 2 saturated heterocycles. The van der Waals surface area contributed by atoms with E-state index in [1.165, 1.54) is 62.0 Å². The summed E-state index contributed by atoms with van der Waals surface area (Å²) >= 11 is 0. The second-order valence-electron chi connectivity index (χ2n) is 6.70. The highest BCUT2D eigenvalue weighted by atomic mass is 15.2. The molecule has 1 N–H and O–H groups in total. The van der Waals surface area contributed by atoms with Crippen molar-refractivity contribution in [1.29, 1.82) is 0 Å². The molecule has 2 heteroatoms. The van der Waals surface area contributed by atoms with E-state index in [4.69, 9.17) is 0 Å². The fourth-order valence-corrected chi connectivity index (χ4v) is 4.30. The monoisotopic (exact) mass is 272 g/mol. The molecule has 0 saturated carbocycles. The van der Waals surface area contributed by atoms with Crippen molar-refractivity contribution in [3.63, 3.8) is 0 Å². The molecule has 0 aromatic heterocycles. The third-order valence-corrected chi connectivity index (χ3v) is 5.05. The molecule has 0 amide bonds. The number of nitrogens with one attached hydrogen (secondary N) is 1. The van der Waals surface area contributed by atoms with Crippen molar-refractivity contribution >= 4 is 0 Å². The van der Waals surface area contributed by atoms with Gasteiger partial charge in [0, 0.05) is 6.04 Å². The van der Waals surface area contributed by atoms with E-state index < -0.39 is 0 Å². The van der Waals surface area contributed by atoms with E-state index in [1.807, 2.05) is 0 Å². The number of hydrogen-bond donors (Lipinski definition) is 1. The largest absolute Gasteiger partial charge is 0.312 e. The predicted molar refractivity (Wildman–Crippen MR) is 85.2 cm³/mol. The summed E-state index contributed by atoms with van der Waals surface area (Å²) in [5.74, 6) is 0. The van der Waals surface area contributed by atoms with Gasteiger partial charge in [0.25, 0.3) is 0 Å². The van der Waals surface area contributed by atoms with E-state index in [1.54, 1.807) is 5.56 Å². The number of hydrogen-bond acceptors (Lipinski definition) is 2. The molecule has 0 radical (unpaired) electrons. The Kier molecular flexibility index (Phi) is 4.13. The van der Waals surface area contributed by atoms with Gasteiger partial charge in [-0.05, 0) is 82.8 Å². The molecule has 0 spiro atoms. The van der Waals surface area contributed by atoms with Gasteiger partial charge in [-0.15, -0.1) is 0 Å². The van der Waals surface area contributed by atoms with Crippen molar-refractivity contribution in [3.8, 4) is 0 Å². The van der Waals surface area contributed by atoms with Gasteiger partial charge in [0.15, 0.2) is 0 Å². The van der Waals surface area contributed by atoms with Gasteiger partial charge in [0.05, 0.1) is 6.04 Å². The Labute approximate surface area is 123 Å². The summed E-state index contributed by atoms with van der Waals surface area (Å²) < 4.78 is 0. The average Bonchev–Trinajstić information content (AvgIpc) is 3.07. The molecule has 2 heterocycles. The first kappa shape index (κ1) is 14.1. The minimum absolute atomic E-state index is 0.584. The quantitative estimate of drug-likeness (QED) is 0.906. The van der Waals surface area contributed by atoms with Crippen LogP contribution in [0.2, 0.25) is 0 Å². The Hall–Kier alpha value is -0.860. The zero-order valence-electron chi connectivity index (χ0n) is 13.2. The molecular weight excluding hydrogens is 244 g/mol. The summed E-state index contributed by atoms with van der Waals surface area (Å²) in [4.78, 5) is 2.73. The van der Waals surface area contributed by atoms with Crippen LogP contribution in [0.5, 0.6) is 0 Å². The van der Waals surface area contributed by atoms with Crippen molar-refractivity contribution in [1.82, 2.24) is 10.2 Å². The fourth-order valence-electron chi connectivity index (χ4n) is 4.30. The van der Waals surface area contributed by atoms with Gasteiger partial charge < -0.3 is 5.32 Å². The number of aryl methyl sites for hydroxylation is 3. The van der Waals surface area contributed by atoms with Crippen LogP contribution < -0.4 is 5.32 Å². The van der Waals surface area contributed by atoms with Crippen LogP contribution in [0.1, 0.15) is 54.0 Å². The third-order valence-electron chi connectivity index (χ3n) is 5.05. The first-order valence-corrected chi connectivity index (χ1v) is 8.22. The normalized spacial score (nSPS) is 25.2. The molecule has 2 aliphatic heterocycles. The van der Waals surface area contributed by atoms with Crippen LogP contribution in [0.25, 0.3) is 0 Å². The van der Waals surface area contributed by atoms with Crippen molar-refractivity contribution in [2.75, 3.05) is 19.6 Å². The SMILES string of the molecule is Cc1cc(C)c(C(C2CCCN2)N2CCCC2)c(C)c1. The fraction of sp³-hybridized carbons (Fsp3) is 0.667. The molecule has 2 atom stereocenters.